The molecule has 0 radical (unpaired) electrons. The lowest BCUT2D eigenvalue weighted by atomic mass is 9.91. The van der Waals surface area contributed by atoms with Crippen LogP contribution in [0.25, 0.3) is 0 Å². The first kappa shape index (κ1) is 12.4. The SMILES string of the molecule is CC1CCN(C(C)c2ccc(O)cc2)C(C)C1. The van der Waals surface area contributed by atoms with Gasteiger partial charge in [-0.1, -0.05) is 19.1 Å². The molecule has 0 saturated carbocycles. The summed E-state index contributed by atoms with van der Waals surface area (Å²) >= 11 is 0. The lowest BCUT2D eigenvalue weighted by Crippen LogP contribution is -2.41. The third-order valence-electron chi connectivity index (χ3n) is 4.06. The second kappa shape index (κ2) is 5.09. The number of likely N-dealkylation sites (tertiary alicyclic amines) is 1. The molecular formula is C15H23NO. The third kappa shape index (κ3) is 2.81. The summed E-state index contributed by atoms with van der Waals surface area (Å²) in [6.07, 6.45) is 2.59. The van der Waals surface area contributed by atoms with Gasteiger partial charge in [0, 0.05) is 12.1 Å². The molecule has 1 heterocycles. The average molecular weight is 233 g/mol. The molecular weight excluding hydrogens is 210 g/mol. The van der Waals surface area contributed by atoms with Crippen LogP contribution < -0.4 is 0 Å². The highest BCUT2D eigenvalue weighted by atomic mass is 16.3. The number of hydrogen-bond acceptors (Lipinski definition) is 2. The Morgan fingerprint density at radius 2 is 1.88 bits per heavy atom. The Morgan fingerprint density at radius 1 is 1.24 bits per heavy atom. The van der Waals surface area contributed by atoms with Crippen LogP contribution in [-0.4, -0.2) is 22.6 Å². The van der Waals surface area contributed by atoms with Crippen molar-refractivity contribution in [3.63, 3.8) is 0 Å². The van der Waals surface area contributed by atoms with Gasteiger partial charge in [-0.15, -0.1) is 0 Å². The molecule has 0 spiro atoms. The lowest BCUT2D eigenvalue weighted by molar-refractivity contribution is 0.0894. The predicted octanol–water partition coefficient (Wildman–Crippen LogP) is 3.57. The van der Waals surface area contributed by atoms with Gasteiger partial charge in [-0.3, -0.25) is 4.90 Å². The molecule has 1 N–H and O–H groups in total. The number of nitrogens with zero attached hydrogens (tertiary/aromatic N) is 1. The molecule has 17 heavy (non-hydrogen) atoms. The molecule has 3 atom stereocenters. The summed E-state index contributed by atoms with van der Waals surface area (Å²) in [6.45, 7) is 8.12. The van der Waals surface area contributed by atoms with E-state index in [2.05, 4.69) is 25.7 Å². The molecule has 2 nitrogen and oxygen atoms in total. The maximum atomic E-state index is 9.32. The molecule has 1 aromatic carbocycles. The first-order valence-electron chi connectivity index (χ1n) is 6.62. The van der Waals surface area contributed by atoms with E-state index in [0.717, 1.165) is 5.92 Å². The minimum atomic E-state index is 0.348. The molecule has 1 aliphatic rings. The Hall–Kier alpha value is -1.02. The van der Waals surface area contributed by atoms with E-state index >= 15 is 0 Å². The monoisotopic (exact) mass is 233 g/mol. The maximum Gasteiger partial charge on any atom is 0.115 e. The van der Waals surface area contributed by atoms with Gasteiger partial charge in [-0.25, -0.2) is 0 Å². The fourth-order valence-corrected chi connectivity index (χ4v) is 2.95. The van der Waals surface area contributed by atoms with Crippen molar-refractivity contribution in [1.29, 1.82) is 0 Å². The zero-order valence-corrected chi connectivity index (χ0v) is 11.1. The molecule has 1 aliphatic heterocycles. The maximum absolute atomic E-state index is 9.32. The smallest absolute Gasteiger partial charge is 0.115 e. The van der Waals surface area contributed by atoms with E-state index in [1.54, 1.807) is 12.1 Å². The van der Waals surface area contributed by atoms with Gasteiger partial charge in [0.25, 0.3) is 0 Å². The molecule has 0 aromatic heterocycles. The Labute approximate surface area is 104 Å². The van der Waals surface area contributed by atoms with Gasteiger partial charge in [0.05, 0.1) is 0 Å². The number of piperidine rings is 1. The molecule has 94 valence electrons. The topological polar surface area (TPSA) is 23.5 Å². The highest BCUT2D eigenvalue weighted by molar-refractivity contribution is 5.27. The molecule has 0 aliphatic carbocycles. The first-order valence-corrected chi connectivity index (χ1v) is 6.62. The Morgan fingerprint density at radius 3 is 2.47 bits per heavy atom. The van der Waals surface area contributed by atoms with Gasteiger partial charge in [-0.05, 0) is 56.8 Å². The zero-order chi connectivity index (χ0) is 12.4. The lowest BCUT2D eigenvalue weighted by Gasteiger charge is -2.40. The minimum Gasteiger partial charge on any atom is -0.508 e. The zero-order valence-electron chi connectivity index (χ0n) is 11.1. The fraction of sp³-hybridized carbons (Fsp3) is 0.600. The number of rotatable bonds is 2. The van der Waals surface area contributed by atoms with E-state index in [-0.39, 0.29) is 0 Å². The van der Waals surface area contributed by atoms with Crippen molar-refractivity contribution in [3.8, 4) is 5.75 Å². The molecule has 0 amide bonds. The van der Waals surface area contributed by atoms with E-state index in [0.29, 0.717) is 17.8 Å². The summed E-state index contributed by atoms with van der Waals surface area (Å²) < 4.78 is 0. The first-order chi connectivity index (χ1) is 8.08. The second-order valence-corrected chi connectivity index (χ2v) is 5.48. The average Bonchev–Trinajstić information content (AvgIpc) is 2.29. The highest BCUT2D eigenvalue weighted by Gasteiger charge is 2.27. The van der Waals surface area contributed by atoms with Crippen molar-refractivity contribution >= 4 is 0 Å². The number of phenolic OH excluding ortho intramolecular Hbond substituents is 1. The van der Waals surface area contributed by atoms with E-state index < -0.39 is 0 Å². The number of benzene rings is 1. The highest BCUT2D eigenvalue weighted by Crippen LogP contribution is 2.30. The Bertz CT molecular complexity index is 360. The second-order valence-electron chi connectivity index (χ2n) is 5.48. The standard InChI is InChI=1S/C15H23NO/c1-11-8-9-16(12(2)10-11)13(3)14-4-6-15(17)7-5-14/h4-7,11-13,17H,8-10H2,1-3H3. The fourth-order valence-electron chi connectivity index (χ4n) is 2.95. The van der Waals surface area contributed by atoms with Gasteiger partial charge in [0.2, 0.25) is 0 Å². The largest absolute Gasteiger partial charge is 0.508 e. The van der Waals surface area contributed by atoms with Crippen molar-refractivity contribution in [1.82, 2.24) is 4.90 Å². The summed E-state index contributed by atoms with van der Waals surface area (Å²) in [4.78, 5) is 2.58. The molecule has 3 unspecified atom stereocenters. The van der Waals surface area contributed by atoms with Crippen molar-refractivity contribution in [2.75, 3.05) is 6.54 Å². The molecule has 1 fully saturated rings. The quantitative estimate of drug-likeness (QED) is 0.844. The molecule has 1 saturated heterocycles. The van der Waals surface area contributed by atoms with Crippen molar-refractivity contribution in [3.05, 3.63) is 29.8 Å². The number of aromatic hydroxyl groups is 1. The van der Waals surface area contributed by atoms with Crippen LogP contribution in [-0.2, 0) is 0 Å². The van der Waals surface area contributed by atoms with Gasteiger partial charge in [0.1, 0.15) is 5.75 Å². The van der Waals surface area contributed by atoms with Crippen LogP contribution in [0.5, 0.6) is 5.75 Å². The van der Waals surface area contributed by atoms with Crippen LogP contribution in [0.4, 0.5) is 0 Å². The summed E-state index contributed by atoms with van der Waals surface area (Å²) in [7, 11) is 0. The molecule has 0 bridgehead atoms. The van der Waals surface area contributed by atoms with Crippen LogP contribution in [0.2, 0.25) is 0 Å². The van der Waals surface area contributed by atoms with E-state index in [1.807, 2.05) is 12.1 Å². The van der Waals surface area contributed by atoms with E-state index in [4.69, 9.17) is 0 Å². The van der Waals surface area contributed by atoms with Crippen molar-refractivity contribution in [2.45, 2.75) is 45.7 Å². The summed E-state index contributed by atoms with van der Waals surface area (Å²) in [6, 6.07) is 8.72. The van der Waals surface area contributed by atoms with Crippen LogP contribution >= 0.6 is 0 Å². The van der Waals surface area contributed by atoms with Gasteiger partial charge in [0.15, 0.2) is 0 Å². The number of phenols is 1. The summed E-state index contributed by atoms with van der Waals surface area (Å²) in [5.41, 5.74) is 1.30. The normalized spacial score (nSPS) is 27.9. The van der Waals surface area contributed by atoms with Gasteiger partial charge in [-0.2, -0.15) is 0 Å². The molecule has 2 rings (SSSR count). The Balaban J connectivity index is 2.09. The summed E-state index contributed by atoms with van der Waals surface area (Å²) in [5, 5.41) is 9.32. The summed E-state index contributed by atoms with van der Waals surface area (Å²) in [5.74, 6) is 1.20. The van der Waals surface area contributed by atoms with Crippen LogP contribution in [0.15, 0.2) is 24.3 Å². The molecule has 1 aromatic rings. The van der Waals surface area contributed by atoms with Crippen molar-refractivity contribution < 1.29 is 5.11 Å². The van der Waals surface area contributed by atoms with Crippen molar-refractivity contribution in [2.24, 2.45) is 5.92 Å². The van der Waals surface area contributed by atoms with Gasteiger partial charge >= 0.3 is 0 Å². The van der Waals surface area contributed by atoms with Gasteiger partial charge < -0.3 is 5.11 Å². The third-order valence-corrected chi connectivity index (χ3v) is 4.06. The number of hydrogen-bond donors (Lipinski definition) is 1. The minimum absolute atomic E-state index is 0.348. The van der Waals surface area contributed by atoms with Crippen LogP contribution in [0.1, 0.15) is 45.2 Å². The predicted molar refractivity (Wildman–Crippen MR) is 71.1 cm³/mol. The van der Waals surface area contributed by atoms with E-state index in [1.165, 1.54) is 24.9 Å². The molecule has 2 heteroatoms. The van der Waals surface area contributed by atoms with Crippen LogP contribution in [0, 0.1) is 5.92 Å². The van der Waals surface area contributed by atoms with Crippen LogP contribution in [0.3, 0.4) is 0 Å². The van der Waals surface area contributed by atoms with E-state index in [9.17, 15) is 5.11 Å². The Kier molecular flexibility index (Phi) is 3.72.